The molecule has 1 fully saturated rings. The normalized spacial score (nSPS) is 26.6. The molecule has 0 radical (unpaired) electrons. The molecule has 1 saturated heterocycles. The van der Waals surface area contributed by atoms with Crippen molar-refractivity contribution in [3.63, 3.8) is 0 Å². The first-order valence-electron chi connectivity index (χ1n) is 7.75. The Morgan fingerprint density at radius 2 is 2.27 bits per heavy atom. The smallest absolute Gasteiger partial charge is 0.174 e. The van der Waals surface area contributed by atoms with Gasteiger partial charge in [-0.1, -0.05) is 31.1 Å². The molecule has 22 heavy (non-hydrogen) atoms. The van der Waals surface area contributed by atoms with Gasteiger partial charge in [-0.15, -0.1) is 0 Å². The number of para-hydroxylation sites is 1. The number of ether oxygens (including phenoxy) is 3. The van der Waals surface area contributed by atoms with Crippen molar-refractivity contribution in [2.24, 2.45) is 11.1 Å². The summed E-state index contributed by atoms with van der Waals surface area (Å²) in [7, 11) is 1.66. The first-order valence-corrected chi connectivity index (χ1v) is 7.75. The highest BCUT2D eigenvalue weighted by atomic mass is 16.7. The van der Waals surface area contributed by atoms with E-state index in [4.69, 9.17) is 19.0 Å². The van der Waals surface area contributed by atoms with Gasteiger partial charge in [0.05, 0.1) is 39.1 Å². The maximum Gasteiger partial charge on any atom is 0.174 e. The molecule has 2 aliphatic heterocycles. The Morgan fingerprint density at radius 3 is 2.95 bits per heavy atom. The van der Waals surface area contributed by atoms with Gasteiger partial charge in [-0.3, -0.25) is 0 Å². The number of hydrogen-bond donors (Lipinski definition) is 0. The predicted octanol–water partition coefficient (Wildman–Crippen LogP) is 2.99. The lowest BCUT2D eigenvalue weighted by Gasteiger charge is -2.28. The van der Waals surface area contributed by atoms with Gasteiger partial charge < -0.3 is 19.0 Å². The second-order valence-electron chi connectivity index (χ2n) is 6.27. The van der Waals surface area contributed by atoms with E-state index in [1.165, 1.54) is 0 Å². The SMILES string of the molecule is COc1cccc(C2C=NOC23CCOC3)c1OCC(C)C. The fourth-order valence-electron chi connectivity index (χ4n) is 2.97. The highest BCUT2D eigenvalue weighted by Crippen LogP contribution is 2.46. The lowest BCUT2D eigenvalue weighted by molar-refractivity contribution is -0.0338. The summed E-state index contributed by atoms with van der Waals surface area (Å²) in [6.07, 6.45) is 2.68. The van der Waals surface area contributed by atoms with Crippen molar-refractivity contribution >= 4 is 6.21 Å². The van der Waals surface area contributed by atoms with E-state index in [0.717, 1.165) is 23.5 Å². The Balaban J connectivity index is 1.96. The van der Waals surface area contributed by atoms with Crippen LogP contribution in [0.2, 0.25) is 0 Å². The van der Waals surface area contributed by atoms with Crippen LogP contribution in [0.5, 0.6) is 11.5 Å². The minimum absolute atomic E-state index is 0.0206. The van der Waals surface area contributed by atoms with Crippen molar-refractivity contribution in [1.29, 1.82) is 0 Å². The molecule has 2 aliphatic rings. The predicted molar refractivity (Wildman–Crippen MR) is 83.8 cm³/mol. The summed E-state index contributed by atoms with van der Waals surface area (Å²) >= 11 is 0. The second kappa shape index (κ2) is 6.16. The number of hydrogen-bond acceptors (Lipinski definition) is 5. The first kappa shape index (κ1) is 15.2. The number of nitrogens with zero attached hydrogens (tertiary/aromatic N) is 1. The van der Waals surface area contributed by atoms with E-state index in [-0.39, 0.29) is 5.92 Å². The Labute approximate surface area is 131 Å². The third-order valence-electron chi connectivity index (χ3n) is 4.15. The molecule has 2 heterocycles. The third-order valence-corrected chi connectivity index (χ3v) is 4.15. The molecule has 0 N–H and O–H groups in total. The van der Waals surface area contributed by atoms with Crippen LogP contribution in [0.4, 0.5) is 0 Å². The number of rotatable bonds is 5. The van der Waals surface area contributed by atoms with Crippen LogP contribution < -0.4 is 9.47 Å². The molecule has 0 bridgehead atoms. The van der Waals surface area contributed by atoms with Crippen molar-refractivity contribution in [3.8, 4) is 11.5 Å². The van der Waals surface area contributed by atoms with Gasteiger partial charge in [-0.25, -0.2) is 0 Å². The monoisotopic (exact) mass is 305 g/mol. The van der Waals surface area contributed by atoms with Crippen molar-refractivity contribution in [3.05, 3.63) is 23.8 Å². The first-order chi connectivity index (χ1) is 10.7. The van der Waals surface area contributed by atoms with Gasteiger partial charge >= 0.3 is 0 Å². The summed E-state index contributed by atoms with van der Waals surface area (Å²) < 4.78 is 17.1. The van der Waals surface area contributed by atoms with Gasteiger partial charge in [0.25, 0.3) is 0 Å². The summed E-state index contributed by atoms with van der Waals surface area (Å²) in [4.78, 5) is 5.67. The van der Waals surface area contributed by atoms with Crippen LogP contribution in [0, 0.1) is 5.92 Å². The van der Waals surface area contributed by atoms with Gasteiger partial charge in [-0.2, -0.15) is 0 Å². The molecule has 1 spiro atoms. The number of methoxy groups -OCH3 is 1. The molecule has 0 aliphatic carbocycles. The molecular weight excluding hydrogens is 282 g/mol. The average molecular weight is 305 g/mol. The van der Waals surface area contributed by atoms with E-state index in [1.807, 2.05) is 18.3 Å². The summed E-state index contributed by atoms with van der Waals surface area (Å²) in [5.74, 6) is 1.99. The van der Waals surface area contributed by atoms with Crippen LogP contribution in [-0.4, -0.2) is 38.7 Å². The van der Waals surface area contributed by atoms with Crippen molar-refractivity contribution in [2.75, 3.05) is 26.9 Å². The van der Waals surface area contributed by atoms with E-state index in [9.17, 15) is 0 Å². The second-order valence-corrected chi connectivity index (χ2v) is 6.27. The molecule has 1 aromatic rings. The van der Waals surface area contributed by atoms with Crippen molar-refractivity contribution < 1.29 is 19.0 Å². The molecule has 3 rings (SSSR count). The standard InChI is InChI=1S/C17H23NO4/c1-12(2)10-21-16-13(5-4-6-15(16)19-3)14-9-18-22-17(14)7-8-20-11-17/h4-6,9,12,14H,7-8,10-11H2,1-3H3. The zero-order valence-electron chi connectivity index (χ0n) is 13.4. The van der Waals surface area contributed by atoms with Crippen LogP contribution >= 0.6 is 0 Å². The Morgan fingerprint density at radius 1 is 1.41 bits per heavy atom. The van der Waals surface area contributed by atoms with Crippen molar-refractivity contribution in [1.82, 2.24) is 0 Å². The molecule has 5 heteroatoms. The molecule has 2 unspecified atom stereocenters. The highest BCUT2D eigenvalue weighted by molar-refractivity contribution is 5.74. The van der Waals surface area contributed by atoms with Gasteiger partial charge in [-0.05, 0) is 12.0 Å². The molecule has 5 nitrogen and oxygen atoms in total. The number of benzene rings is 1. The van der Waals surface area contributed by atoms with E-state index in [0.29, 0.717) is 25.7 Å². The van der Waals surface area contributed by atoms with E-state index in [2.05, 4.69) is 25.1 Å². The van der Waals surface area contributed by atoms with Gasteiger partial charge in [0, 0.05) is 12.0 Å². The Hall–Kier alpha value is -1.75. The van der Waals surface area contributed by atoms with Gasteiger partial charge in [0.2, 0.25) is 0 Å². The molecule has 120 valence electrons. The van der Waals surface area contributed by atoms with Crippen LogP contribution in [0.15, 0.2) is 23.4 Å². The largest absolute Gasteiger partial charge is 0.493 e. The summed E-state index contributed by atoms with van der Waals surface area (Å²) in [6.45, 7) is 6.15. The molecule has 0 aromatic heterocycles. The van der Waals surface area contributed by atoms with E-state index >= 15 is 0 Å². The van der Waals surface area contributed by atoms with Crippen LogP contribution in [0.25, 0.3) is 0 Å². The topological polar surface area (TPSA) is 49.3 Å². The highest BCUT2D eigenvalue weighted by Gasteiger charge is 2.49. The molecular formula is C17H23NO4. The maximum absolute atomic E-state index is 6.05. The maximum atomic E-state index is 6.05. The fraction of sp³-hybridized carbons (Fsp3) is 0.588. The minimum atomic E-state index is -0.400. The minimum Gasteiger partial charge on any atom is -0.493 e. The zero-order valence-corrected chi connectivity index (χ0v) is 13.4. The summed E-state index contributed by atoms with van der Waals surface area (Å²) in [5.41, 5.74) is 0.647. The van der Waals surface area contributed by atoms with Gasteiger partial charge in [0.1, 0.15) is 0 Å². The molecule has 0 saturated carbocycles. The Bertz CT molecular complexity index is 550. The lowest BCUT2D eigenvalue weighted by atomic mass is 9.82. The Kier molecular flexibility index (Phi) is 4.25. The zero-order chi connectivity index (χ0) is 15.6. The molecule has 1 aromatic carbocycles. The van der Waals surface area contributed by atoms with Gasteiger partial charge in [0.15, 0.2) is 17.1 Å². The lowest BCUT2D eigenvalue weighted by Crippen LogP contribution is -2.36. The average Bonchev–Trinajstić information content (AvgIpc) is 3.15. The molecule has 0 amide bonds. The molecule has 2 atom stereocenters. The van der Waals surface area contributed by atoms with Crippen LogP contribution in [-0.2, 0) is 9.57 Å². The summed E-state index contributed by atoms with van der Waals surface area (Å²) in [5, 5.41) is 4.07. The number of oxime groups is 1. The summed E-state index contributed by atoms with van der Waals surface area (Å²) in [6, 6.07) is 5.96. The third kappa shape index (κ3) is 2.65. The van der Waals surface area contributed by atoms with Crippen LogP contribution in [0.3, 0.4) is 0 Å². The van der Waals surface area contributed by atoms with Crippen molar-refractivity contribution in [2.45, 2.75) is 31.8 Å². The van der Waals surface area contributed by atoms with Crippen LogP contribution in [0.1, 0.15) is 31.7 Å². The van der Waals surface area contributed by atoms with E-state index < -0.39 is 5.60 Å². The quantitative estimate of drug-likeness (QED) is 0.839. The fourth-order valence-corrected chi connectivity index (χ4v) is 2.97. The van der Waals surface area contributed by atoms with E-state index in [1.54, 1.807) is 7.11 Å².